The molecule has 4 rings (SSSR count). The van der Waals surface area contributed by atoms with Crippen molar-refractivity contribution in [2.75, 3.05) is 6.01 Å². The SMILES string of the molecule is CCC(=O)O[C@]1(C(=O)SCF)[C@H](C)C[C@H]2[C@@H]3C[C@H](F)C4=CC(=O)C=C[C@]4(C)[C@@]3(F)C(O)C[C@@]21C. The number of ether oxygens (including phenoxy) is 1. The molecule has 188 valence electrons. The van der Waals surface area contributed by atoms with Crippen LogP contribution in [0.4, 0.5) is 13.2 Å². The monoisotopic (exact) mass is 500 g/mol. The molecule has 1 N–H and O–H groups in total. The van der Waals surface area contributed by atoms with Crippen LogP contribution in [-0.2, 0) is 19.1 Å². The first kappa shape index (κ1) is 25.5. The second-order valence-electron chi connectivity index (χ2n) is 10.6. The zero-order valence-electron chi connectivity index (χ0n) is 19.8. The number of aliphatic hydroxyl groups is 1. The van der Waals surface area contributed by atoms with Gasteiger partial charge in [0.15, 0.2) is 17.1 Å². The maximum atomic E-state index is 17.2. The summed E-state index contributed by atoms with van der Waals surface area (Å²) in [6.45, 7) is 6.45. The fraction of sp³-hybridized carbons (Fsp3) is 0.720. The summed E-state index contributed by atoms with van der Waals surface area (Å²) < 4.78 is 51.8. The second-order valence-corrected chi connectivity index (χ2v) is 11.5. The fourth-order valence-corrected chi connectivity index (χ4v) is 8.42. The molecule has 3 saturated carbocycles. The minimum Gasteiger partial charge on any atom is -0.449 e. The Hall–Kier alpha value is -1.61. The predicted molar refractivity (Wildman–Crippen MR) is 121 cm³/mol. The third-order valence-corrected chi connectivity index (χ3v) is 9.90. The van der Waals surface area contributed by atoms with E-state index in [9.17, 15) is 23.9 Å². The number of aliphatic hydroxyl groups excluding tert-OH is 1. The Morgan fingerprint density at radius 3 is 2.56 bits per heavy atom. The number of fused-ring (bicyclic) bond motifs is 5. The number of alkyl halides is 3. The Morgan fingerprint density at radius 1 is 1.26 bits per heavy atom. The molecule has 0 radical (unpaired) electrons. The number of rotatable bonds is 4. The molecule has 0 spiro atoms. The zero-order chi connectivity index (χ0) is 25.3. The number of thioether (sulfide) groups is 1. The lowest BCUT2D eigenvalue weighted by Crippen LogP contribution is -2.70. The molecule has 0 aliphatic heterocycles. The van der Waals surface area contributed by atoms with Crippen LogP contribution in [0, 0.1) is 28.6 Å². The average molecular weight is 501 g/mol. The first-order valence-corrected chi connectivity index (χ1v) is 12.7. The molecule has 3 fully saturated rings. The number of esters is 1. The van der Waals surface area contributed by atoms with Gasteiger partial charge in [0.05, 0.1) is 6.10 Å². The molecule has 0 heterocycles. The molecular formula is C25H31F3O5S. The van der Waals surface area contributed by atoms with Crippen LogP contribution in [0.15, 0.2) is 23.8 Å². The summed E-state index contributed by atoms with van der Waals surface area (Å²) in [5.74, 6) is -3.30. The van der Waals surface area contributed by atoms with E-state index < -0.39 is 75.0 Å². The minimum atomic E-state index is -2.30. The van der Waals surface area contributed by atoms with Crippen LogP contribution >= 0.6 is 11.8 Å². The van der Waals surface area contributed by atoms with Crippen molar-refractivity contribution in [2.45, 2.75) is 76.9 Å². The summed E-state index contributed by atoms with van der Waals surface area (Å²) in [6.07, 6.45) is 0.160. The van der Waals surface area contributed by atoms with E-state index >= 15 is 8.78 Å². The standard InChI is InChI=1S/C25H31F3O5S/c1-5-20(31)33-25(21(32)34-12-26)13(2)8-15-16-10-18(27)17-9-14(29)6-7-22(17,3)24(16,28)19(30)11-23(15,25)4/h6-7,9,13,15-16,18-19,30H,5,8,10-12H2,1-4H3/t13-,15+,16+,18+,19?,22+,23+,24+,25+/m1/s1. The van der Waals surface area contributed by atoms with Crippen molar-refractivity contribution in [3.63, 3.8) is 0 Å². The van der Waals surface area contributed by atoms with Gasteiger partial charge in [0.25, 0.3) is 0 Å². The lowest BCUT2D eigenvalue weighted by atomic mass is 9.44. The molecule has 5 nitrogen and oxygen atoms in total. The number of hydrogen-bond donors (Lipinski definition) is 1. The van der Waals surface area contributed by atoms with Crippen molar-refractivity contribution in [1.29, 1.82) is 0 Å². The van der Waals surface area contributed by atoms with Crippen LogP contribution in [0.25, 0.3) is 0 Å². The molecule has 1 unspecified atom stereocenters. The third kappa shape index (κ3) is 3.01. The third-order valence-electron chi connectivity index (χ3n) is 9.22. The summed E-state index contributed by atoms with van der Waals surface area (Å²) in [4.78, 5) is 37.8. The predicted octanol–water partition coefficient (Wildman–Crippen LogP) is 4.43. The lowest BCUT2D eigenvalue weighted by molar-refractivity contribution is -0.228. The maximum Gasteiger partial charge on any atom is 0.306 e. The van der Waals surface area contributed by atoms with Gasteiger partial charge in [-0.15, -0.1) is 0 Å². The van der Waals surface area contributed by atoms with E-state index in [1.807, 2.05) is 0 Å². The van der Waals surface area contributed by atoms with E-state index in [-0.39, 0.29) is 31.3 Å². The van der Waals surface area contributed by atoms with Crippen LogP contribution in [0.3, 0.4) is 0 Å². The number of hydrogen-bond acceptors (Lipinski definition) is 6. The Balaban J connectivity index is 1.87. The Morgan fingerprint density at radius 2 is 1.94 bits per heavy atom. The van der Waals surface area contributed by atoms with Crippen molar-refractivity contribution < 1.29 is 37.4 Å². The van der Waals surface area contributed by atoms with Gasteiger partial charge in [-0.2, -0.15) is 0 Å². The first-order valence-electron chi connectivity index (χ1n) is 11.7. The molecule has 0 aromatic rings. The average Bonchev–Trinajstić information content (AvgIpc) is 2.99. The van der Waals surface area contributed by atoms with Crippen molar-refractivity contribution in [3.05, 3.63) is 23.8 Å². The first-order chi connectivity index (χ1) is 15.8. The number of allylic oxidation sites excluding steroid dienone is 4. The van der Waals surface area contributed by atoms with Crippen molar-refractivity contribution >= 4 is 28.6 Å². The van der Waals surface area contributed by atoms with E-state index in [1.54, 1.807) is 20.8 Å². The Bertz CT molecular complexity index is 984. The van der Waals surface area contributed by atoms with Gasteiger partial charge in [-0.3, -0.25) is 14.4 Å². The largest absolute Gasteiger partial charge is 0.449 e. The highest BCUT2D eigenvalue weighted by molar-refractivity contribution is 8.13. The summed E-state index contributed by atoms with van der Waals surface area (Å²) in [5.41, 5.74) is -6.84. The molecule has 0 aromatic heterocycles. The number of carbonyl (C=O) groups is 3. The fourth-order valence-electron chi connectivity index (χ4n) is 7.63. The maximum absolute atomic E-state index is 17.2. The van der Waals surface area contributed by atoms with Gasteiger partial charge in [0.1, 0.15) is 12.2 Å². The minimum absolute atomic E-state index is 0.0141. The molecule has 0 saturated heterocycles. The van der Waals surface area contributed by atoms with Crippen LogP contribution in [0.2, 0.25) is 0 Å². The highest BCUT2D eigenvalue weighted by Gasteiger charge is 2.78. The molecular weight excluding hydrogens is 469 g/mol. The van der Waals surface area contributed by atoms with E-state index in [4.69, 9.17) is 4.74 Å². The van der Waals surface area contributed by atoms with Crippen molar-refractivity contribution in [3.8, 4) is 0 Å². The molecule has 0 bridgehead atoms. The summed E-state index contributed by atoms with van der Waals surface area (Å²) >= 11 is 0.396. The van der Waals surface area contributed by atoms with Crippen LogP contribution in [0.5, 0.6) is 0 Å². The number of carbonyl (C=O) groups excluding carboxylic acids is 3. The van der Waals surface area contributed by atoms with Gasteiger partial charge in [-0.1, -0.05) is 26.8 Å². The van der Waals surface area contributed by atoms with Crippen LogP contribution in [0.1, 0.15) is 53.4 Å². The van der Waals surface area contributed by atoms with Gasteiger partial charge in [-0.05, 0) is 61.6 Å². The number of halogens is 3. The number of ketones is 1. The van der Waals surface area contributed by atoms with Gasteiger partial charge < -0.3 is 9.84 Å². The van der Waals surface area contributed by atoms with Gasteiger partial charge in [0, 0.05) is 29.1 Å². The highest BCUT2D eigenvalue weighted by Crippen LogP contribution is 2.72. The summed E-state index contributed by atoms with van der Waals surface area (Å²) in [7, 11) is 0. The van der Waals surface area contributed by atoms with Gasteiger partial charge in [-0.25, -0.2) is 13.2 Å². The molecule has 9 heteroatoms. The molecule has 34 heavy (non-hydrogen) atoms. The quantitative estimate of drug-likeness (QED) is 0.576. The van der Waals surface area contributed by atoms with E-state index in [0.717, 1.165) is 6.08 Å². The van der Waals surface area contributed by atoms with E-state index in [2.05, 4.69) is 0 Å². The van der Waals surface area contributed by atoms with E-state index in [1.165, 1.54) is 19.1 Å². The second kappa shape index (κ2) is 8.22. The topological polar surface area (TPSA) is 80.7 Å². The summed E-state index contributed by atoms with van der Waals surface area (Å²) in [5, 5.41) is 10.7. The van der Waals surface area contributed by atoms with Crippen molar-refractivity contribution in [2.24, 2.45) is 28.6 Å². The lowest BCUT2D eigenvalue weighted by Gasteiger charge is -2.63. The Kier molecular flexibility index (Phi) is 6.16. The molecule has 0 amide bonds. The highest BCUT2D eigenvalue weighted by atomic mass is 32.2. The molecule has 0 aromatic carbocycles. The van der Waals surface area contributed by atoms with Gasteiger partial charge in [0.2, 0.25) is 5.12 Å². The molecule has 4 aliphatic rings. The molecule has 9 atom stereocenters. The van der Waals surface area contributed by atoms with Crippen LogP contribution in [-0.4, -0.2) is 51.5 Å². The van der Waals surface area contributed by atoms with Crippen LogP contribution < -0.4 is 0 Å². The van der Waals surface area contributed by atoms with Gasteiger partial charge >= 0.3 is 5.97 Å². The van der Waals surface area contributed by atoms with Crippen molar-refractivity contribution in [1.82, 2.24) is 0 Å². The molecule has 4 aliphatic carbocycles. The van der Waals surface area contributed by atoms with E-state index in [0.29, 0.717) is 11.8 Å². The summed E-state index contributed by atoms with van der Waals surface area (Å²) in [6, 6.07) is -1.02. The smallest absolute Gasteiger partial charge is 0.306 e. The zero-order valence-corrected chi connectivity index (χ0v) is 20.6. The Labute approximate surface area is 201 Å². The normalized spacial score (nSPS) is 47.4.